The Bertz CT molecular complexity index is 1380. The summed E-state index contributed by atoms with van der Waals surface area (Å²) < 4.78 is 21.1. The third-order valence-electron chi connectivity index (χ3n) is 5.30. The van der Waals surface area contributed by atoms with Gasteiger partial charge in [0, 0.05) is 22.3 Å². The normalized spacial score (nSPS) is 11.1. The number of rotatable bonds is 5. The predicted molar refractivity (Wildman–Crippen MR) is 124 cm³/mol. The van der Waals surface area contributed by atoms with Crippen LogP contribution in [0, 0.1) is 12.7 Å². The largest absolute Gasteiger partial charge is 0.489 e. The average Bonchev–Trinajstić information content (AvgIpc) is 3.15. The second kappa shape index (κ2) is 8.44. The molecule has 0 saturated carbocycles. The van der Waals surface area contributed by atoms with Gasteiger partial charge in [0.2, 0.25) is 0 Å². The van der Waals surface area contributed by atoms with Crippen LogP contribution in [-0.4, -0.2) is 14.6 Å². The lowest BCUT2D eigenvalue weighted by atomic mass is 10.1. The Morgan fingerprint density at radius 3 is 2.28 bits per heavy atom. The fourth-order valence-corrected chi connectivity index (χ4v) is 3.82. The maximum atomic E-state index is 13.4. The first-order chi connectivity index (χ1) is 15.6. The van der Waals surface area contributed by atoms with Crippen LogP contribution in [0.1, 0.15) is 11.3 Å². The van der Waals surface area contributed by atoms with Crippen molar-refractivity contribution in [1.29, 1.82) is 0 Å². The predicted octanol–water partition coefficient (Wildman–Crippen LogP) is 6.74. The van der Waals surface area contributed by atoms with E-state index in [4.69, 9.17) is 21.4 Å². The molecule has 2 aromatic heterocycles. The molecule has 0 atom stereocenters. The average molecular weight is 444 g/mol. The number of ether oxygens (including phenoxy) is 1. The fourth-order valence-electron chi connectivity index (χ4n) is 3.69. The summed E-state index contributed by atoms with van der Waals surface area (Å²) in [5, 5.41) is 5.42. The first-order valence-electron chi connectivity index (χ1n) is 10.2. The second-order valence-corrected chi connectivity index (χ2v) is 7.91. The minimum atomic E-state index is -0.269. The highest BCUT2D eigenvalue weighted by molar-refractivity contribution is 6.30. The molecule has 0 bridgehead atoms. The standard InChI is InChI=1S/C26H19ClFN3O/c1-17-25(20-4-10-22(28)11-5-20)26-29-15-14-24(31(26)30-17)19-6-12-23(13-7-19)32-16-18-2-8-21(27)9-3-18/h2-15H,16H2,1H3. The minimum absolute atomic E-state index is 0.269. The van der Waals surface area contributed by atoms with Gasteiger partial charge < -0.3 is 4.74 Å². The molecule has 2 heterocycles. The number of nitrogens with zero attached hydrogens (tertiary/aromatic N) is 3. The van der Waals surface area contributed by atoms with Crippen LogP contribution in [0.5, 0.6) is 5.75 Å². The molecule has 0 fully saturated rings. The summed E-state index contributed by atoms with van der Waals surface area (Å²) in [7, 11) is 0. The molecule has 0 spiro atoms. The highest BCUT2D eigenvalue weighted by Gasteiger charge is 2.16. The van der Waals surface area contributed by atoms with E-state index in [1.807, 2.05) is 66.0 Å². The number of aromatic nitrogens is 3. The van der Waals surface area contributed by atoms with Gasteiger partial charge in [-0.15, -0.1) is 0 Å². The van der Waals surface area contributed by atoms with Crippen LogP contribution in [0.2, 0.25) is 5.02 Å². The Kier molecular flexibility index (Phi) is 5.33. The summed E-state index contributed by atoms with van der Waals surface area (Å²) in [6, 6.07) is 23.8. The van der Waals surface area contributed by atoms with Crippen LogP contribution in [0.15, 0.2) is 85.1 Å². The van der Waals surface area contributed by atoms with Crippen molar-refractivity contribution in [3.05, 3.63) is 107 Å². The zero-order valence-corrected chi connectivity index (χ0v) is 18.1. The van der Waals surface area contributed by atoms with Gasteiger partial charge in [-0.2, -0.15) is 5.10 Å². The van der Waals surface area contributed by atoms with Crippen molar-refractivity contribution >= 4 is 17.2 Å². The van der Waals surface area contributed by atoms with Crippen LogP contribution in [0.4, 0.5) is 4.39 Å². The summed E-state index contributed by atoms with van der Waals surface area (Å²) in [5.74, 6) is 0.507. The van der Waals surface area contributed by atoms with Gasteiger partial charge >= 0.3 is 0 Å². The SMILES string of the molecule is Cc1nn2c(-c3ccc(OCc4ccc(Cl)cc4)cc3)ccnc2c1-c1ccc(F)cc1. The van der Waals surface area contributed by atoms with Gasteiger partial charge in [-0.1, -0.05) is 35.9 Å². The van der Waals surface area contributed by atoms with Gasteiger partial charge in [-0.05, 0) is 72.6 Å². The van der Waals surface area contributed by atoms with E-state index in [-0.39, 0.29) is 5.82 Å². The van der Waals surface area contributed by atoms with Gasteiger partial charge in [0.25, 0.3) is 0 Å². The number of hydrogen-bond acceptors (Lipinski definition) is 3. The van der Waals surface area contributed by atoms with E-state index in [2.05, 4.69) is 4.98 Å². The number of hydrogen-bond donors (Lipinski definition) is 0. The molecule has 0 aliphatic carbocycles. The maximum absolute atomic E-state index is 13.4. The van der Waals surface area contributed by atoms with E-state index in [1.165, 1.54) is 12.1 Å². The van der Waals surface area contributed by atoms with Gasteiger partial charge in [0.1, 0.15) is 18.2 Å². The van der Waals surface area contributed by atoms with E-state index in [9.17, 15) is 4.39 Å². The summed E-state index contributed by atoms with van der Waals surface area (Å²) >= 11 is 5.93. The van der Waals surface area contributed by atoms with Gasteiger partial charge in [0.05, 0.1) is 11.4 Å². The van der Waals surface area contributed by atoms with E-state index in [1.54, 1.807) is 18.3 Å². The Labute approximate surface area is 189 Å². The van der Waals surface area contributed by atoms with Crippen molar-refractivity contribution in [3.63, 3.8) is 0 Å². The van der Waals surface area contributed by atoms with Crippen molar-refractivity contribution < 1.29 is 9.13 Å². The van der Waals surface area contributed by atoms with Crippen LogP contribution in [0.3, 0.4) is 0 Å². The molecule has 5 aromatic rings. The number of aryl methyl sites for hydroxylation is 1. The van der Waals surface area contributed by atoms with E-state index in [0.29, 0.717) is 11.6 Å². The topological polar surface area (TPSA) is 39.4 Å². The lowest BCUT2D eigenvalue weighted by Crippen LogP contribution is -1.97. The third-order valence-corrected chi connectivity index (χ3v) is 5.55. The molecule has 0 aliphatic heterocycles. The zero-order valence-electron chi connectivity index (χ0n) is 17.3. The second-order valence-electron chi connectivity index (χ2n) is 7.47. The Morgan fingerprint density at radius 1 is 0.875 bits per heavy atom. The molecule has 0 N–H and O–H groups in total. The summed E-state index contributed by atoms with van der Waals surface area (Å²) in [6.45, 7) is 2.40. The third kappa shape index (κ3) is 3.95. The van der Waals surface area contributed by atoms with Crippen molar-refractivity contribution in [3.8, 4) is 28.1 Å². The Balaban J connectivity index is 1.44. The van der Waals surface area contributed by atoms with Crippen molar-refractivity contribution in [2.24, 2.45) is 0 Å². The van der Waals surface area contributed by atoms with Crippen molar-refractivity contribution in [2.75, 3.05) is 0 Å². The molecule has 0 saturated heterocycles. The van der Waals surface area contributed by atoms with Gasteiger partial charge in [-0.25, -0.2) is 13.9 Å². The number of benzene rings is 3. The summed E-state index contributed by atoms with van der Waals surface area (Å²) in [6.07, 6.45) is 1.77. The molecule has 0 amide bonds. The van der Waals surface area contributed by atoms with Gasteiger partial charge in [0.15, 0.2) is 5.65 Å². The molecule has 0 radical (unpaired) electrons. The molecule has 0 unspecified atom stereocenters. The van der Waals surface area contributed by atoms with Crippen LogP contribution in [0.25, 0.3) is 28.0 Å². The van der Waals surface area contributed by atoms with E-state index in [0.717, 1.165) is 45.0 Å². The number of halogens is 2. The molecule has 4 nitrogen and oxygen atoms in total. The molecule has 158 valence electrons. The molecule has 32 heavy (non-hydrogen) atoms. The maximum Gasteiger partial charge on any atom is 0.163 e. The molecular formula is C26H19ClFN3O. The van der Waals surface area contributed by atoms with Crippen LogP contribution >= 0.6 is 11.6 Å². The molecular weight excluding hydrogens is 425 g/mol. The van der Waals surface area contributed by atoms with Crippen LogP contribution in [-0.2, 0) is 6.61 Å². The lowest BCUT2D eigenvalue weighted by Gasteiger charge is -2.09. The fraction of sp³-hybridized carbons (Fsp3) is 0.0769. The van der Waals surface area contributed by atoms with Crippen LogP contribution < -0.4 is 4.74 Å². The van der Waals surface area contributed by atoms with Crippen molar-refractivity contribution in [1.82, 2.24) is 14.6 Å². The molecule has 3 aromatic carbocycles. The Hall–Kier alpha value is -3.70. The minimum Gasteiger partial charge on any atom is -0.489 e. The quantitative estimate of drug-likeness (QED) is 0.302. The van der Waals surface area contributed by atoms with Gasteiger partial charge in [-0.3, -0.25) is 0 Å². The smallest absolute Gasteiger partial charge is 0.163 e. The van der Waals surface area contributed by atoms with E-state index >= 15 is 0 Å². The first kappa shape index (κ1) is 20.2. The van der Waals surface area contributed by atoms with E-state index < -0.39 is 0 Å². The lowest BCUT2D eigenvalue weighted by molar-refractivity contribution is 0.306. The molecule has 0 aliphatic rings. The highest BCUT2D eigenvalue weighted by atomic mass is 35.5. The van der Waals surface area contributed by atoms with Crippen molar-refractivity contribution in [2.45, 2.75) is 13.5 Å². The Morgan fingerprint density at radius 2 is 1.56 bits per heavy atom. The number of fused-ring (bicyclic) bond motifs is 1. The summed E-state index contributed by atoms with van der Waals surface area (Å²) in [4.78, 5) is 4.55. The monoisotopic (exact) mass is 443 g/mol. The zero-order chi connectivity index (χ0) is 22.1. The highest BCUT2D eigenvalue weighted by Crippen LogP contribution is 2.30. The summed E-state index contributed by atoms with van der Waals surface area (Å²) in [5.41, 5.74) is 6.30. The molecule has 6 heteroatoms. The first-order valence-corrected chi connectivity index (χ1v) is 10.5. The molecule has 5 rings (SSSR count).